The fourth-order valence-electron chi connectivity index (χ4n) is 2.20. The normalized spacial score (nSPS) is 13.0. The van der Waals surface area contributed by atoms with E-state index in [9.17, 15) is 20.0 Å². The van der Waals surface area contributed by atoms with E-state index in [2.05, 4.69) is 0 Å². The van der Waals surface area contributed by atoms with Crippen molar-refractivity contribution in [2.24, 2.45) is 0 Å². The molecule has 2 aromatic rings. The number of hydrogen-bond donors (Lipinski definition) is 1. The van der Waals surface area contributed by atoms with Crippen LogP contribution in [0.15, 0.2) is 42.5 Å². The first-order chi connectivity index (χ1) is 11.0. The Kier molecular flexibility index (Phi) is 3.68. The molecular formula is C16H11NO6. The van der Waals surface area contributed by atoms with E-state index >= 15 is 0 Å². The minimum atomic E-state index is -1.13. The Balaban J connectivity index is 1.98. The van der Waals surface area contributed by atoms with E-state index < -0.39 is 10.9 Å². The molecule has 7 heteroatoms. The third-order valence-corrected chi connectivity index (χ3v) is 3.33. The molecule has 0 aromatic heterocycles. The van der Waals surface area contributed by atoms with Crippen LogP contribution in [0.25, 0.3) is 11.6 Å². The zero-order valence-electron chi connectivity index (χ0n) is 11.8. The molecule has 0 aliphatic carbocycles. The molecule has 3 rings (SSSR count). The number of nitro benzene ring substituents is 1. The third kappa shape index (κ3) is 2.98. The monoisotopic (exact) mass is 313 g/mol. The molecule has 0 atom stereocenters. The molecule has 2 aromatic carbocycles. The molecule has 1 aliphatic heterocycles. The summed E-state index contributed by atoms with van der Waals surface area (Å²) in [6.45, 7) is 0.136. The Morgan fingerprint density at radius 3 is 2.48 bits per heavy atom. The highest BCUT2D eigenvalue weighted by molar-refractivity contribution is 6.20. The lowest BCUT2D eigenvalue weighted by molar-refractivity contribution is -0.384. The van der Waals surface area contributed by atoms with Gasteiger partial charge in [-0.05, 0) is 41.5 Å². The highest BCUT2D eigenvalue weighted by atomic mass is 16.7. The number of carboxylic acids is 1. The molecule has 1 N–H and O–H groups in total. The first kappa shape index (κ1) is 14.6. The van der Waals surface area contributed by atoms with Crippen molar-refractivity contribution in [2.45, 2.75) is 0 Å². The maximum Gasteiger partial charge on any atom is 0.336 e. The van der Waals surface area contributed by atoms with Gasteiger partial charge < -0.3 is 14.6 Å². The number of ether oxygens (including phenoxy) is 2. The second kappa shape index (κ2) is 5.80. The molecule has 0 spiro atoms. The summed E-state index contributed by atoms with van der Waals surface area (Å²) in [5.41, 5.74) is 0.936. The number of carboxylic acid groups (broad SMARTS) is 1. The van der Waals surface area contributed by atoms with Gasteiger partial charge in [0.1, 0.15) is 0 Å². The summed E-state index contributed by atoms with van der Waals surface area (Å²) in [6, 6.07) is 10.4. The van der Waals surface area contributed by atoms with Gasteiger partial charge in [0.05, 0.1) is 10.5 Å². The Morgan fingerprint density at radius 1 is 1.13 bits per heavy atom. The van der Waals surface area contributed by atoms with Crippen LogP contribution in [-0.4, -0.2) is 22.8 Å². The molecule has 0 amide bonds. The number of aliphatic carboxylic acids is 1. The molecule has 0 bridgehead atoms. The van der Waals surface area contributed by atoms with Gasteiger partial charge in [0, 0.05) is 12.1 Å². The summed E-state index contributed by atoms with van der Waals surface area (Å²) in [5.74, 6) is 0.0260. The standard InChI is InChI=1S/C16H11NO6/c18-16(19)13(11-2-4-12(5-3-11)17(20)21)7-10-1-6-14-15(8-10)23-9-22-14/h1-8H,9H2,(H,18,19). The fourth-order valence-corrected chi connectivity index (χ4v) is 2.20. The largest absolute Gasteiger partial charge is 0.478 e. The summed E-state index contributed by atoms with van der Waals surface area (Å²) in [7, 11) is 0. The van der Waals surface area contributed by atoms with Crippen molar-refractivity contribution in [3.05, 3.63) is 63.7 Å². The summed E-state index contributed by atoms with van der Waals surface area (Å²) in [4.78, 5) is 21.6. The Labute approximate surface area is 130 Å². The van der Waals surface area contributed by atoms with Crippen molar-refractivity contribution in [1.29, 1.82) is 0 Å². The van der Waals surface area contributed by atoms with Crippen molar-refractivity contribution in [1.82, 2.24) is 0 Å². The van der Waals surface area contributed by atoms with E-state index in [1.807, 2.05) is 0 Å². The van der Waals surface area contributed by atoms with Crippen LogP contribution in [0.2, 0.25) is 0 Å². The fraction of sp³-hybridized carbons (Fsp3) is 0.0625. The first-order valence-corrected chi connectivity index (χ1v) is 6.64. The number of non-ortho nitro benzene ring substituents is 1. The Morgan fingerprint density at radius 2 is 1.83 bits per heavy atom. The molecule has 0 fully saturated rings. The average Bonchev–Trinajstić information content (AvgIpc) is 3.00. The van der Waals surface area contributed by atoms with Gasteiger partial charge in [-0.25, -0.2) is 4.79 Å². The first-order valence-electron chi connectivity index (χ1n) is 6.64. The van der Waals surface area contributed by atoms with Crippen LogP contribution < -0.4 is 9.47 Å². The van der Waals surface area contributed by atoms with Crippen LogP contribution in [0, 0.1) is 10.1 Å². The maximum absolute atomic E-state index is 11.5. The smallest absolute Gasteiger partial charge is 0.336 e. The maximum atomic E-state index is 11.5. The van der Waals surface area contributed by atoms with Crippen LogP contribution in [0.1, 0.15) is 11.1 Å². The summed E-state index contributed by atoms with van der Waals surface area (Å²) < 4.78 is 10.5. The number of carbonyl (C=O) groups is 1. The molecule has 116 valence electrons. The molecule has 0 saturated heterocycles. The summed E-state index contributed by atoms with van der Waals surface area (Å²) >= 11 is 0. The number of nitro groups is 1. The van der Waals surface area contributed by atoms with Crippen molar-refractivity contribution in [3.8, 4) is 11.5 Å². The van der Waals surface area contributed by atoms with Gasteiger partial charge in [-0.15, -0.1) is 0 Å². The van der Waals surface area contributed by atoms with Crippen LogP contribution >= 0.6 is 0 Å². The topological polar surface area (TPSA) is 98.9 Å². The quantitative estimate of drug-likeness (QED) is 0.403. The van der Waals surface area contributed by atoms with Gasteiger partial charge in [-0.2, -0.15) is 0 Å². The minimum Gasteiger partial charge on any atom is -0.478 e. The summed E-state index contributed by atoms with van der Waals surface area (Å²) in [6.07, 6.45) is 1.48. The minimum absolute atomic E-state index is 0.0266. The number of hydrogen-bond acceptors (Lipinski definition) is 5. The molecule has 0 radical (unpaired) electrons. The van der Waals surface area contributed by atoms with Crippen molar-refractivity contribution in [3.63, 3.8) is 0 Å². The van der Waals surface area contributed by atoms with E-state index in [1.165, 1.54) is 30.3 Å². The number of nitrogens with zero attached hydrogens (tertiary/aromatic N) is 1. The van der Waals surface area contributed by atoms with Gasteiger partial charge in [-0.3, -0.25) is 10.1 Å². The SMILES string of the molecule is O=C(O)C(=Cc1ccc2c(c1)OCO2)c1ccc([N+](=O)[O-])cc1. The van der Waals surface area contributed by atoms with Crippen LogP contribution in [-0.2, 0) is 4.79 Å². The van der Waals surface area contributed by atoms with Gasteiger partial charge in [0.2, 0.25) is 6.79 Å². The lowest BCUT2D eigenvalue weighted by atomic mass is 10.0. The van der Waals surface area contributed by atoms with E-state index in [0.29, 0.717) is 22.6 Å². The van der Waals surface area contributed by atoms with Gasteiger partial charge >= 0.3 is 5.97 Å². The van der Waals surface area contributed by atoms with E-state index in [1.54, 1.807) is 18.2 Å². The number of benzene rings is 2. The van der Waals surface area contributed by atoms with Gasteiger partial charge in [0.15, 0.2) is 11.5 Å². The van der Waals surface area contributed by atoms with Crippen molar-refractivity contribution >= 4 is 23.3 Å². The Hall–Kier alpha value is -3.35. The van der Waals surface area contributed by atoms with Crippen LogP contribution in [0.5, 0.6) is 11.5 Å². The van der Waals surface area contributed by atoms with Crippen molar-refractivity contribution in [2.75, 3.05) is 6.79 Å². The molecular weight excluding hydrogens is 302 g/mol. The molecule has 1 heterocycles. The molecule has 1 aliphatic rings. The lowest BCUT2D eigenvalue weighted by Crippen LogP contribution is -2.00. The third-order valence-electron chi connectivity index (χ3n) is 3.33. The van der Waals surface area contributed by atoms with Crippen LogP contribution in [0.3, 0.4) is 0 Å². The van der Waals surface area contributed by atoms with Gasteiger partial charge in [0.25, 0.3) is 5.69 Å². The summed E-state index contributed by atoms with van der Waals surface area (Å²) in [5, 5.41) is 20.1. The van der Waals surface area contributed by atoms with Gasteiger partial charge in [-0.1, -0.05) is 6.07 Å². The lowest BCUT2D eigenvalue weighted by Gasteiger charge is -2.04. The number of fused-ring (bicyclic) bond motifs is 1. The molecule has 0 saturated carbocycles. The molecule has 0 unspecified atom stereocenters. The zero-order valence-corrected chi connectivity index (χ0v) is 11.8. The average molecular weight is 313 g/mol. The highest BCUT2D eigenvalue weighted by Crippen LogP contribution is 2.33. The number of rotatable bonds is 4. The van der Waals surface area contributed by atoms with Crippen molar-refractivity contribution < 1.29 is 24.3 Å². The molecule has 23 heavy (non-hydrogen) atoms. The van der Waals surface area contributed by atoms with E-state index in [4.69, 9.17) is 9.47 Å². The predicted octanol–water partition coefficient (Wildman–Crippen LogP) is 2.95. The molecule has 7 nitrogen and oxygen atoms in total. The van der Waals surface area contributed by atoms with E-state index in [0.717, 1.165) is 0 Å². The Bertz CT molecular complexity index is 810. The van der Waals surface area contributed by atoms with E-state index in [-0.39, 0.29) is 18.1 Å². The predicted molar refractivity (Wildman–Crippen MR) is 81.2 cm³/mol. The zero-order chi connectivity index (χ0) is 16.4. The van der Waals surface area contributed by atoms with Crippen LogP contribution in [0.4, 0.5) is 5.69 Å². The highest BCUT2D eigenvalue weighted by Gasteiger charge is 2.15. The second-order valence-electron chi connectivity index (χ2n) is 4.78. The second-order valence-corrected chi connectivity index (χ2v) is 4.78.